The van der Waals surface area contributed by atoms with Crippen molar-refractivity contribution in [1.29, 1.82) is 0 Å². The van der Waals surface area contributed by atoms with Gasteiger partial charge in [-0.25, -0.2) is 0 Å². The highest BCUT2D eigenvalue weighted by molar-refractivity contribution is 7.80. The number of amides is 1. The van der Waals surface area contributed by atoms with Crippen LogP contribution < -0.4 is 15.8 Å². The lowest BCUT2D eigenvalue weighted by Crippen LogP contribution is -2.14. The molecule has 3 N–H and O–H groups in total. The SMILES string of the molecule is COc1ccccc1C(=O)Nc1ccc(C(N)=S)cc1Cl. The average molecular weight is 321 g/mol. The summed E-state index contributed by atoms with van der Waals surface area (Å²) >= 11 is 11.0. The van der Waals surface area contributed by atoms with E-state index in [1.807, 2.05) is 0 Å². The van der Waals surface area contributed by atoms with Crippen molar-refractivity contribution in [2.75, 3.05) is 12.4 Å². The largest absolute Gasteiger partial charge is 0.496 e. The van der Waals surface area contributed by atoms with Crippen molar-refractivity contribution in [3.8, 4) is 5.75 Å². The quantitative estimate of drug-likeness (QED) is 0.849. The number of benzene rings is 2. The summed E-state index contributed by atoms with van der Waals surface area (Å²) in [5.74, 6) is 0.184. The minimum Gasteiger partial charge on any atom is -0.496 e. The summed E-state index contributed by atoms with van der Waals surface area (Å²) in [5.41, 5.74) is 7.08. The van der Waals surface area contributed by atoms with Gasteiger partial charge in [-0.3, -0.25) is 4.79 Å². The highest BCUT2D eigenvalue weighted by Crippen LogP contribution is 2.25. The molecule has 0 aliphatic heterocycles. The Morgan fingerprint density at radius 1 is 1.29 bits per heavy atom. The number of para-hydroxylation sites is 1. The van der Waals surface area contributed by atoms with E-state index in [0.717, 1.165) is 0 Å². The normalized spacial score (nSPS) is 10.0. The molecule has 2 aromatic rings. The van der Waals surface area contributed by atoms with Crippen molar-refractivity contribution in [3.05, 3.63) is 58.6 Å². The first-order chi connectivity index (χ1) is 10.0. The van der Waals surface area contributed by atoms with Crippen molar-refractivity contribution >= 4 is 40.4 Å². The van der Waals surface area contributed by atoms with Crippen molar-refractivity contribution in [1.82, 2.24) is 0 Å². The number of methoxy groups -OCH3 is 1. The molecular formula is C15H13ClN2O2S. The average Bonchev–Trinajstić information content (AvgIpc) is 2.48. The minimum absolute atomic E-state index is 0.250. The smallest absolute Gasteiger partial charge is 0.259 e. The van der Waals surface area contributed by atoms with Crippen LogP contribution in [0.3, 0.4) is 0 Å². The van der Waals surface area contributed by atoms with Gasteiger partial charge in [0, 0.05) is 5.56 Å². The summed E-state index contributed by atoms with van der Waals surface area (Å²) in [6.45, 7) is 0. The molecule has 108 valence electrons. The van der Waals surface area contributed by atoms with Gasteiger partial charge in [0.25, 0.3) is 5.91 Å². The zero-order chi connectivity index (χ0) is 15.4. The second-order valence-electron chi connectivity index (χ2n) is 4.21. The number of halogens is 1. The number of ether oxygens (including phenoxy) is 1. The van der Waals surface area contributed by atoms with Gasteiger partial charge in [-0.05, 0) is 30.3 Å². The molecule has 0 spiro atoms. The zero-order valence-electron chi connectivity index (χ0n) is 11.2. The van der Waals surface area contributed by atoms with Crippen molar-refractivity contribution in [2.24, 2.45) is 5.73 Å². The molecule has 4 nitrogen and oxygen atoms in total. The zero-order valence-corrected chi connectivity index (χ0v) is 12.8. The molecule has 0 fully saturated rings. The number of nitrogens with one attached hydrogen (secondary N) is 1. The summed E-state index contributed by atoms with van der Waals surface area (Å²) in [4.78, 5) is 12.5. The fourth-order valence-electron chi connectivity index (χ4n) is 1.79. The predicted molar refractivity (Wildman–Crippen MR) is 88.3 cm³/mol. The van der Waals surface area contributed by atoms with E-state index >= 15 is 0 Å². The summed E-state index contributed by atoms with van der Waals surface area (Å²) < 4.78 is 5.16. The predicted octanol–water partition coefficient (Wildman–Crippen LogP) is 3.24. The molecule has 0 heterocycles. The van der Waals surface area contributed by atoms with Crippen LogP contribution in [-0.4, -0.2) is 18.0 Å². The number of carbonyl (C=O) groups excluding carboxylic acids is 1. The maximum Gasteiger partial charge on any atom is 0.259 e. The second kappa shape index (κ2) is 6.56. The van der Waals surface area contributed by atoms with E-state index < -0.39 is 0 Å². The Labute approximate surface area is 132 Å². The Hall–Kier alpha value is -2.11. The van der Waals surface area contributed by atoms with Gasteiger partial charge in [0.2, 0.25) is 0 Å². The maximum atomic E-state index is 12.3. The topological polar surface area (TPSA) is 64.3 Å². The molecule has 0 saturated heterocycles. The number of rotatable bonds is 4. The van der Waals surface area contributed by atoms with E-state index in [2.05, 4.69) is 5.32 Å². The van der Waals surface area contributed by atoms with Gasteiger partial charge in [-0.2, -0.15) is 0 Å². The Kier molecular flexibility index (Phi) is 4.77. The van der Waals surface area contributed by atoms with Gasteiger partial charge in [0.15, 0.2) is 0 Å². The first kappa shape index (κ1) is 15.3. The lowest BCUT2D eigenvalue weighted by atomic mass is 10.1. The Bertz CT molecular complexity index is 704. The summed E-state index contributed by atoms with van der Waals surface area (Å²) in [6, 6.07) is 11.9. The van der Waals surface area contributed by atoms with Gasteiger partial charge < -0.3 is 15.8 Å². The molecule has 2 aromatic carbocycles. The van der Waals surface area contributed by atoms with E-state index in [1.165, 1.54) is 7.11 Å². The van der Waals surface area contributed by atoms with Crippen LogP contribution in [0.15, 0.2) is 42.5 Å². The van der Waals surface area contributed by atoms with Crippen molar-refractivity contribution < 1.29 is 9.53 Å². The molecule has 21 heavy (non-hydrogen) atoms. The standard InChI is InChI=1S/C15H13ClN2O2S/c1-20-13-5-3-2-4-10(13)15(19)18-12-7-6-9(14(17)21)8-11(12)16/h2-8H,1H3,(H2,17,21)(H,18,19). The Morgan fingerprint density at radius 2 is 2.00 bits per heavy atom. The van der Waals surface area contributed by atoms with E-state index in [9.17, 15) is 4.79 Å². The van der Waals surface area contributed by atoms with E-state index in [4.69, 9.17) is 34.3 Å². The van der Waals surface area contributed by atoms with Gasteiger partial charge in [-0.1, -0.05) is 36.0 Å². The van der Waals surface area contributed by atoms with Gasteiger partial charge >= 0.3 is 0 Å². The van der Waals surface area contributed by atoms with Gasteiger partial charge in [0.05, 0.1) is 23.4 Å². The molecule has 6 heteroatoms. The molecule has 2 rings (SSSR count). The molecule has 0 aromatic heterocycles. The molecule has 0 unspecified atom stereocenters. The Balaban J connectivity index is 2.26. The van der Waals surface area contributed by atoms with E-state index in [1.54, 1.807) is 42.5 Å². The number of thiocarbonyl (C=S) groups is 1. The second-order valence-corrected chi connectivity index (χ2v) is 5.06. The lowest BCUT2D eigenvalue weighted by Gasteiger charge is -2.11. The van der Waals surface area contributed by atoms with Crippen LogP contribution in [0, 0.1) is 0 Å². The highest BCUT2D eigenvalue weighted by Gasteiger charge is 2.13. The maximum absolute atomic E-state index is 12.3. The van der Waals surface area contributed by atoms with E-state index in [-0.39, 0.29) is 10.9 Å². The van der Waals surface area contributed by atoms with Crippen LogP contribution >= 0.6 is 23.8 Å². The number of anilines is 1. The van der Waals surface area contributed by atoms with Crippen LogP contribution in [0.25, 0.3) is 0 Å². The first-order valence-electron chi connectivity index (χ1n) is 6.06. The molecule has 0 bridgehead atoms. The molecular weight excluding hydrogens is 308 g/mol. The lowest BCUT2D eigenvalue weighted by molar-refractivity contribution is 0.102. The molecule has 1 amide bonds. The fourth-order valence-corrected chi connectivity index (χ4v) is 2.15. The van der Waals surface area contributed by atoms with Crippen LogP contribution in [0.2, 0.25) is 5.02 Å². The van der Waals surface area contributed by atoms with Crippen LogP contribution in [0.4, 0.5) is 5.69 Å². The third kappa shape index (κ3) is 3.51. The number of hydrogen-bond acceptors (Lipinski definition) is 3. The third-order valence-corrected chi connectivity index (χ3v) is 3.40. The molecule has 0 aliphatic rings. The van der Waals surface area contributed by atoms with Gasteiger partial charge in [0.1, 0.15) is 10.7 Å². The van der Waals surface area contributed by atoms with Crippen molar-refractivity contribution in [3.63, 3.8) is 0 Å². The first-order valence-corrected chi connectivity index (χ1v) is 6.85. The summed E-state index contributed by atoms with van der Waals surface area (Å²) in [7, 11) is 1.51. The number of carbonyl (C=O) groups is 1. The summed E-state index contributed by atoms with van der Waals surface area (Å²) in [5, 5.41) is 3.10. The van der Waals surface area contributed by atoms with Crippen LogP contribution in [-0.2, 0) is 0 Å². The number of nitrogens with two attached hydrogens (primary N) is 1. The monoisotopic (exact) mass is 320 g/mol. The summed E-state index contributed by atoms with van der Waals surface area (Å²) in [6.07, 6.45) is 0. The molecule has 0 saturated carbocycles. The van der Waals surface area contributed by atoms with Crippen LogP contribution in [0.1, 0.15) is 15.9 Å². The Morgan fingerprint density at radius 3 is 2.62 bits per heavy atom. The fraction of sp³-hybridized carbons (Fsp3) is 0.0667. The minimum atomic E-state index is -0.308. The molecule has 0 atom stereocenters. The van der Waals surface area contributed by atoms with Gasteiger partial charge in [-0.15, -0.1) is 0 Å². The highest BCUT2D eigenvalue weighted by atomic mass is 35.5. The third-order valence-electron chi connectivity index (χ3n) is 2.85. The molecule has 0 aliphatic carbocycles. The molecule has 0 radical (unpaired) electrons. The van der Waals surface area contributed by atoms with Crippen molar-refractivity contribution in [2.45, 2.75) is 0 Å². The van der Waals surface area contributed by atoms with Crippen LogP contribution in [0.5, 0.6) is 5.75 Å². The number of hydrogen-bond donors (Lipinski definition) is 2. The van der Waals surface area contributed by atoms with E-state index in [0.29, 0.717) is 27.6 Å².